The van der Waals surface area contributed by atoms with E-state index in [0.29, 0.717) is 16.8 Å². The number of nitrogens with zero attached hydrogens (tertiary/aromatic N) is 4. The van der Waals surface area contributed by atoms with Gasteiger partial charge in [0.15, 0.2) is 5.82 Å². The molecule has 2 heterocycles. The highest BCUT2D eigenvalue weighted by Gasteiger charge is 2.12. The summed E-state index contributed by atoms with van der Waals surface area (Å²) >= 11 is 6.26. The second-order valence-electron chi connectivity index (χ2n) is 4.94. The lowest BCUT2D eigenvalue weighted by molar-refractivity contribution is 0.984. The molecule has 3 aromatic rings. The lowest BCUT2D eigenvalue weighted by Gasteiger charge is -2.09. The van der Waals surface area contributed by atoms with Crippen molar-refractivity contribution in [1.82, 2.24) is 19.5 Å². The lowest BCUT2D eigenvalue weighted by atomic mass is 10.1. The van der Waals surface area contributed by atoms with Gasteiger partial charge < -0.3 is 5.32 Å². The van der Waals surface area contributed by atoms with Gasteiger partial charge in [-0.15, -0.1) is 0 Å². The summed E-state index contributed by atoms with van der Waals surface area (Å²) in [6.07, 6.45) is 3.35. The van der Waals surface area contributed by atoms with E-state index in [9.17, 15) is 0 Å². The SMILES string of the molecule is CCNc1ncc(Cl)c(-n2cnc3cc(C)c(C)cc32)n1. The summed E-state index contributed by atoms with van der Waals surface area (Å²) < 4.78 is 1.90. The fourth-order valence-corrected chi connectivity index (χ4v) is 2.39. The van der Waals surface area contributed by atoms with Crippen LogP contribution in [-0.4, -0.2) is 26.1 Å². The monoisotopic (exact) mass is 301 g/mol. The maximum absolute atomic E-state index is 6.26. The fraction of sp³-hybridized carbons (Fsp3) is 0.267. The van der Waals surface area contributed by atoms with Crippen LogP contribution >= 0.6 is 11.6 Å². The zero-order valence-corrected chi connectivity index (χ0v) is 12.9. The van der Waals surface area contributed by atoms with Crippen LogP contribution in [0, 0.1) is 13.8 Å². The van der Waals surface area contributed by atoms with E-state index in [1.807, 2.05) is 11.5 Å². The Balaban J connectivity index is 2.20. The number of aryl methyl sites for hydroxylation is 2. The van der Waals surface area contributed by atoms with Gasteiger partial charge >= 0.3 is 0 Å². The van der Waals surface area contributed by atoms with Crippen molar-refractivity contribution in [3.63, 3.8) is 0 Å². The molecule has 0 bridgehead atoms. The van der Waals surface area contributed by atoms with Gasteiger partial charge in [-0.1, -0.05) is 11.6 Å². The van der Waals surface area contributed by atoms with Crippen LogP contribution in [0.4, 0.5) is 5.95 Å². The first-order valence-electron chi connectivity index (χ1n) is 6.81. The molecule has 0 aliphatic rings. The highest BCUT2D eigenvalue weighted by molar-refractivity contribution is 6.32. The van der Waals surface area contributed by atoms with Crippen molar-refractivity contribution >= 4 is 28.6 Å². The minimum absolute atomic E-state index is 0.495. The van der Waals surface area contributed by atoms with Gasteiger partial charge in [0, 0.05) is 6.54 Å². The summed E-state index contributed by atoms with van der Waals surface area (Å²) in [5.74, 6) is 1.19. The van der Waals surface area contributed by atoms with Gasteiger partial charge in [-0.2, -0.15) is 4.98 Å². The van der Waals surface area contributed by atoms with Gasteiger partial charge in [0.1, 0.15) is 11.3 Å². The van der Waals surface area contributed by atoms with Gasteiger partial charge in [-0.25, -0.2) is 9.97 Å². The van der Waals surface area contributed by atoms with Gasteiger partial charge in [0.25, 0.3) is 0 Å². The minimum Gasteiger partial charge on any atom is -0.354 e. The Bertz CT molecular complexity index is 809. The number of benzene rings is 1. The van der Waals surface area contributed by atoms with Crippen LogP contribution in [0.1, 0.15) is 18.1 Å². The first-order chi connectivity index (χ1) is 10.1. The number of aromatic nitrogens is 4. The molecule has 21 heavy (non-hydrogen) atoms. The summed E-state index contributed by atoms with van der Waals surface area (Å²) in [6, 6.07) is 4.17. The van der Waals surface area contributed by atoms with Crippen LogP contribution in [0.2, 0.25) is 5.02 Å². The average Bonchev–Trinajstić information content (AvgIpc) is 2.84. The van der Waals surface area contributed by atoms with E-state index in [1.54, 1.807) is 12.5 Å². The van der Waals surface area contributed by atoms with Crippen molar-refractivity contribution in [3.8, 4) is 5.82 Å². The number of rotatable bonds is 3. The van der Waals surface area contributed by atoms with E-state index in [0.717, 1.165) is 17.6 Å². The van der Waals surface area contributed by atoms with Crippen molar-refractivity contribution in [2.75, 3.05) is 11.9 Å². The van der Waals surface area contributed by atoms with E-state index in [-0.39, 0.29) is 0 Å². The Morgan fingerprint density at radius 3 is 2.71 bits per heavy atom. The Kier molecular flexibility index (Phi) is 3.51. The van der Waals surface area contributed by atoms with Crippen molar-refractivity contribution in [2.24, 2.45) is 0 Å². The van der Waals surface area contributed by atoms with Crippen LogP contribution in [0.25, 0.3) is 16.9 Å². The first kappa shape index (κ1) is 13.8. The van der Waals surface area contributed by atoms with E-state index >= 15 is 0 Å². The normalized spacial score (nSPS) is 11.0. The van der Waals surface area contributed by atoms with Gasteiger partial charge in [-0.05, 0) is 44.0 Å². The molecule has 0 fully saturated rings. The Hall–Kier alpha value is -2.14. The molecular formula is C15H16ClN5. The third kappa shape index (κ3) is 2.45. The Morgan fingerprint density at radius 2 is 1.95 bits per heavy atom. The number of anilines is 1. The second-order valence-corrected chi connectivity index (χ2v) is 5.34. The standard InChI is InChI=1S/C15H16ClN5/c1-4-17-15-18-7-11(16)14(20-15)21-8-19-12-5-9(2)10(3)6-13(12)21/h5-8H,4H2,1-3H3,(H,17,18,20). The first-order valence-corrected chi connectivity index (χ1v) is 7.19. The van der Waals surface area contributed by atoms with E-state index in [2.05, 4.69) is 46.2 Å². The summed E-state index contributed by atoms with van der Waals surface area (Å²) in [6.45, 7) is 6.91. The predicted octanol–water partition coefficient (Wildman–Crippen LogP) is 3.52. The minimum atomic E-state index is 0.495. The molecule has 0 unspecified atom stereocenters. The van der Waals surface area contributed by atoms with Crippen LogP contribution in [0.15, 0.2) is 24.7 Å². The maximum Gasteiger partial charge on any atom is 0.224 e. The van der Waals surface area contributed by atoms with Crippen LogP contribution in [0.5, 0.6) is 0 Å². The zero-order chi connectivity index (χ0) is 15.0. The number of fused-ring (bicyclic) bond motifs is 1. The molecule has 0 radical (unpaired) electrons. The molecule has 0 atom stereocenters. The molecular weight excluding hydrogens is 286 g/mol. The quantitative estimate of drug-likeness (QED) is 0.804. The molecule has 0 saturated heterocycles. The van der Waals surface area contributed by atoms with E-state index in [1.165, 1.54) is 11.1 Å². The fourth-order valence-electron chi connectivity index (χ4n) is 2.20. The van der Waals surface area contributed by atoms with Crippen molar-refractivity contribution in [2.45, 2.75) is 20.8 Å². The summed E-state index contributed by atoms with van der Waals surface area (Å²) in [5.41, 5.74) is 4.34. The van der Waals surface area contributed by atoms with Gasteiger partial charge in [0.2, 0.25) is 5.95 Å². The summed E-state index contributed by atoms with van der Waals surface area (Å²) in [4.78, 5) is 13.1. The number of hydrogen-bond acceptors (Lipinski definition) is 4. The topological polar surface area (TPSA) is 55.6 Å². The Labute approximate surface area is 128 Å². The molecule has 0 spiro atoms. The van der Waals surface area contributed by atoms with Gasteiger partial charge in [0.05, 0.1) is 17.2 Å². The van der Waals surface area contributed by atoms with Crippen LogP contribution in [0.3, 0.4) is 0 Å². The number of hydrogen-bond donors (Lipinski definition) is 1. The highest BCUT2D eigenvalue weighted by atomic mass is 35.5. The molecule has 5 nitrogen and oxygen atoms in total. The second kappa shape index (κ2) is 5.33. The van der Waals surface area contributed by atoms with E-state index in [4.69, 9.17) is 11.6 Å². The van der Waals surface area contributed by atoms with Crippen molar-refractivity contribution in [1.29, 1.82) is 0 Å². The molecule has 0 aliphatic heterocycles. The van der Waals surface area contributed by atoms with Crippen LogP contribution < -0.4 is 5.32 Å². The number of nitrogens with one attached hydrogen (secondary N) is 1. The molecule has 0 saturated carbocycles. The molecule has 108 valence electrons. The molecule has 0 amide bonds. The third-order valence-corrected chi connectivity index (χ3v) is 3.72. The third-order valence-electron chi connectivity index (χ3n) is 3.45. The van der Waals surface area contributed by atoms with E-state index < -0.39 is 0 Å². The van der Waals surface area contributed by atoms with Gasteiger partial charge in [-0.3, -0.25) is 4.57 Å². The smallest absolute Gasteiger partial charge is 0.224 e. The summed E-state index contributed by atoms with van der Waals surface area (Å²) in [7, 11) is 0. The lowest BCUT2D eigenvalue weighted by Crippen LogP contribution is -2.06. The Morgan fingerprint density at radius 1 is 1.19 bits per heavy atom. The average molecular weight is 302 g/mol. The predicted molar refractivity (Wildman–Crippen MR) is 85.3 cm³/mol. The van der Waals surface area contributed by atoms with Crippen molar-refractivity contribution < 1.29 is 0 Å². The maximum atomic E-state index is 6.26. The zero-order valence-electron chi connectivity index (χ0n) is 12.2. The summed E-state index contributed by atoms with van der Waals surface area (Å²) in [5, 5.41) is 3.59. The molecule has 6 heteroatoms. The molecule has 3 rings (SSSR count). The highest BCUT2D eigenvalue weighted by Crippen LogP contribution is 2.25. The largest absolute Gasteiger partial charge is 0.354 e. The molecule has 2 aromatic heterocycles. The number of imidazole rings is 1. The number of halogens is 1. The molecule has 0 aliphatic carbocycles. The molecule has 1 aromatic carbocycles. The van der Waals surface area contributed by atoms with Crippen LogP contribution in [-0.2, 0) is 0 Å². The van der Waals surface area contributed by atoms with Crippen molar-refractivity contribution in [3.05, 3.63) is 40.8 Å². The molecule has 1 N–H and O–H groups in total.